The van der Waals surface area contributed by atoms with Crippen molar-refractivity contribution in [3.8, 4) is 0 Å². The second kappa shape index (κ2) is 5.01. The molecule has 17 heavy (non-hydrogen) atoms. The van der Waals surface area contributed by atoms with E-state index in [0.29, 0.717) is 19.5 Å². The molecule has 6 nitrogen and oxygen atoms in total. The molecule has 1 amide bonds. The van der Waals surface area contributed by atoms with E-state index >= 15 is 0 Å². The number of likely N-dealkylation sites (N-methyl/N-ethyl adjacent to an activating group) is 1. The number of carboxylic acid groups (broad SMARTS) is 1. The van der Waals surface area contributed by atoms with Crippen LogP contribution in [-0.4, -0.2) is 57.8 Å². The van der Waals surface area contributed by atoms with Crippen LogP contribution in [-0.2, 0) is 9.59 Å². The highest BCUT2D eigenvalue weighted by molar-refractivity contribution is 5.89. The molecule has 0 radical (unpaired) electrons. The number of aliphatic carboxylic acids is 1. The third-order valence-electron chi connectivity index (χ3n) is 3.19. The molecule has 6 heteroatoms. The minimum atomic E-state index is -1.24. The van der Waals surface area contributed by atoms with Gasteiger partial charge in [0.15, 0.2) is 0 Å². The van der Waals surface area contributed by atoms with Crippen LogP contribution in [0.4, 0.5) is 0 Å². The lowest BCUT2D eigenvalue weighted by atomic mass is 10.0. The van der Waals surface area contributed by atoms with Crippen molar-refractivity contribution in [2.24, 2.45) is 0 Å². The summed E-state index contributed by atoms with van der Waals surface area (Å²) >= 11 is 0. The number of carboxylic acids is 1. The SMILES string of the molecule is CCN(C(=O)C1CC(O)CN1)C(C)(C)C(=O)O. The summed E-state index contributed by atoms with van der Waals surface area (Å²) in [6, 6.07) is -0.483. The number of aliphatic hydroxyl groups is 1. The van der Waals surface area contributed by atoms with Crippen LogP contribution in [0.5, 0.6) is 0 Å². The average molecular weight is 244 g/mol. The second-order valence-corrected chi connectivity index (χ2v) is 4.80. The van der Waals surface area contributed by atoms with Gasteiger partial charge in [-0.25, -0.2) is 4.79 Å². The third kappa shape index (κ3) is 2.76. The molecule has 2 unspecified atom stereocenters. The minimum Gasteiger partial charge on any atom is -0.480 e. The maximum atomic E-state index is 12.2. The largest absolute Gasteiger partial charge is 0.480 e. The molecule has 0 spiro atoms. The number of β-amino-alcohol motifs (C(OH)–C–C–N with tert-alkyl or cyclic N) is 1. The number of hydrogen-bond donors (Lipinski definition) is 3. The highest BCUT2D eigenvalue weighted by atomic mass is 16.4. The van der Waals surface area contributed by atoms with Gasteiger partial charge in [0.1, 0.15) is 5.54 Å². The molecule has 1 saturated heterocycles. The first-order chi connectivity index (χ1) is 7.80. The Morgan fingerprint density at radius 1 is 1.47 bits per heavy atom. The van der Waals surface area contributed by atoms with E-state index in [1.165, 1.54) is 18.7 Å². The van der Waals surface area contributed by atoms with Crippen molar-refractivity contribution >= 4 is 11.9 Å². The summed E-state index contributed by atoms with van der Waals surface area (Å²) < 4.78 is 0. The number of amides is 1. The van der Waals surface area contributed by atoms with Crippen LogP contribution in [0.1, 0.15) is 27.2 Å². The molecule has 0 aromatic carbocycles. The Bertz CT molecular complexity index is 317. The fourth-order valence-electron chi connectivity index (χ4n) is 2.04. The monoisotopic (exact) mass is 244 g/mol. The highest BCUT2D eigenvalue weighted by Gasteiger charge is 2.41. The first-order valence-corrected chi connectivity index (χ1v) is 5.77. The number of nitrogens with zero attached hydrogens (tertiary/aromatic N) is 1. The predicted molar refractivity (Wildman–Crippen MR) is 61.5 cm³/mol. The zero-order valence-electron chi connectivity index (χ0n) is 10.4. The molecular formula is C11H20N2O4. The number of rotatable bonds is 4. The Morgan fingerprint density at radius 2 is 2.06 bits per heavy atom. The quantitative estimate of drug-likeness (QED) is 0.615. The molecule has 1 heterocycles. The van der Waals surface area contributed by atoms with Crippen LogP contribution in [0.3, 0.4) is 0 Å². The van der Waals surface area contributed by atoms with Gasteiger partial charge in [-0.05, 0) is 27.2 Å². The van der Waals surface area contributed by atoms with Gasteiger partial charge in [-0.2, -0.15) is 0 Å². The van der Waals surface area contributed by atoms with E-state index in [1.807, 2.05) is 0 Å². The maximum absolute atomic E-state index is 12.2. The first kappa shape index (κ1) is 13.9. The molecule has 0 aliphatic carbocycles. The summed E-state index contributed by atoms with van der Waals surface area (Å²) in [5, 5.41) is 21.4. The second-order valence-electron chi connectivity index (χ2n) is 4.80. The Labute approximate surface area is 101 Å². The Hall–Kier alpha value is -1.14. The normalized spacial score (nSPS) is 24.7. The standard InChI is InChI=1S/C11H20N2O4/c1-4-13(11(2,3)10(16)17)9(15)8-5-7(14)6-12-8/h7-8,12,14H,4-6H2,1-3H3,(H,16,17). The lowest BCUT2D eigenvalue weighted by molar-refractivity contribution is -0.157. The van der Waals surface area contributed by atoms with Gasteiger partial charge in [-0.15, -0.1) is 0 Å². The molecule has 2 atom stereocenters. The van der Waals surface area contributed by atoms with Gasteiger partial charge in [-0.3, -0.25) is 4.79 Å². The predicted octanol–water partition coefficient (Wildman–Crippen LogP) is -0.579. The van der Waals surface area contributed by atoms with E-state index in [1.54, 1.807) is 6.92 Å². The number of carbonyl (C=O) groups excluding carboxylic acids is 1. The van der Waals surface area contributed by atoms with Gasteiger partial charge < -0.3 is 20.4 Å². The summed E-state index contributed by atoms with van der Waals surface area (Å²) in [5.41, 5.74) is -1.24. The summed E-state index contributed by atoms with van der Waals surface area (Å²) in [6.45, 7) is 5.45. The molecule has 3 N–H and O–H groups in total. The lowest BCUT2D eigenvalue weighted by Crippen LogP contribution is -2.57. The summed E-state index contributed by atoms with van der Waals surface area (Å²) in [6.07, 6.45) is -0.194. The number of nitrogens with one attached hydrogen (secondary N) is 1. The zero-order valence-corrected chi connectivity index (χ0v) is 10.4. The minimum absolute atomic E-state index is 0.267. The molecule has 0 bridgehead atoms. The Balaban J connectivity index is 2.81. The number of hydrogen-bond acceptors (Lipinski definition) is 4. The van der Waals surface area contributed by atoms with Crippen molar-refractivity contribution in [3.63, 3.8) is 0 Å². The molecule has 1 aliphatic heterocycles. The molecule has 1 fully saturated rings. The van der Waals surface area contributed by atoms with Gasteiger partial charge in [0.25, 0.3) is 0 Å². The third-order valence-corrected chi connectivity index (χ3v) is 3.19. The van der Waals surface area contributed by atoms with Gasteiger partial charge in [0, 0.05) is 13.1 Å². The van der Waals surface area contributed by atoms with Crippen molar-refractivity contribution in [1.29, 1.82) is 0 Å². The van der Waals surface area contributed by atoms with E-state index in [0.717, 1.165) is 0 Å². The van der Waals surface area contributed by atoms with Crippen molar-refractivity contribution in [3.05, 3.63) is 0 Å². The molecule has 0 saturated carbocycles. The lowest BCUT2D eigenvalue weighted by Gasteiger charge is -2.35. The fraction of sp³-hybridized carbons (Fsp3) is 0.818. The van der Waals surface area contributed by atoms with E-state index in [4.69, 9.17) is 5.11 Å². The van der Waals surface area contributed by atoms with Crippen LogP contribution in [0.25, 0.3) is 0 Å². The number of carbonyl (C=O) groups is 2. The molecule has 1 rings (SSSR count). The van der Waals surface area contributed by atoms with Crippen LogP contribution in [0.15, 0.2) is 0 Å². The Morgan fingerprint density at radius 3 is 2.41 bits per heavy atom. The highest BCUT2D eigenvalue weighted by Crippen LogP contribution is 2.18. The van der Waals surface area contributed by atoms with E-state index in [9.17, 15) is 14.7 Å². The summed E-state index contributed by atoms with van der Waals surface area (Å²) in [4.78, 5) is 24.6. The van der Waals surface area contributed by atoms with Gasteiger partial charge in [0.2, 0.25) is 5.91 Å². The van der Waals surface area contributed by atoms with Crippen LogP contribution in [0.2, 0.25) is 0 Å². The molecular weight excluding hydrogens is 224 g/mol. The van der Waals surface area contributed by atoms with Crippen molar-refractivity contribution in [2.45, 2.75) is 44.9 Å². The number of aliphatic hydroxyl groups excluding tert-OH is 1. The van der Waals surface area contributed by atoms with E-state index in [-0.39, 0.29) is 5.91 Å². The molecule has 1 aliphatic rings. The summed E-state index contributed by atoms with van der Waals surface area (Å²) in [5.74, 6) is -1.30. The van der Waals surface area contributed by atoms with E-state index in [2.05, 4.69) is 5.32 Å². The van der Waals surface area contributed by atoms with Crippen molar-refractivity contribution in [2.75, 3.05) is 13.1 Å². The fourth-order valence-corrected chi connectivity index (χ4v) is 2.04. The van der Waals surface area contributed by atoms with E-state index < -0.39 is 23.7 Å². The van der Waals surface area contributed by atoms with Gasteiger partial charge in [0.05, 0.1) is 12.1 Å². The average Bonchev–Trinajstić information content (AvgIpc) is 2.65. The Kier molecular flexibility index (Phi) is 4.11. The molecule has 0 aromatic heterocycles. The van der Waals surface area contributed by atoms with Crippen LogP contribution < -0.4 is 5.32 Å². The smallest absolute Gasteiger partial charge is 0.329 e. The molecule has 98 valence electrons. The van der Waals surface area contributed by atoms with Crippen LogP contribution in [0, 0.1) is 0 Å². The topological polar surface area (TPSA) is 89.9 Å². The van der Waals surface area contributed by atoms with Gasteiger partial charge in [-0.1, -0.05) is 0 Å². The van der Waals surface area contributed by atoms with Crippen LogP contribution >= 0.6 is 0 Å². The first-order valence-electron chi connectivity index (χ1n) is 5.77. The maximum Gasteiger partial charge on any atom is 0.329 e. The van der Waals surface area contributed by atoms with Crippen molar-refractivity contribution < 1.29 is 19.8 Å². The molecule has 0 aromatic rings. The zero-order chi connectivity index (χ0) is 13.2. The van der Waals surface area contributed by atoms with Gasteiger partial charge >= 0.3 is 5.97 Å². The summed E-state index contributed by atoms with van der Waals surface area (Å²) in [7, 11) is 0. The van der Waals surface area contributed by atoms with Crippen molar-refractivity contribution in [1.82, 2.24) is 10.2 Å².